The SMILES string of the molecule is Nc1[nH]ncc1NC=O.Nc1[nH]ncc1NC=O.O=S(=O)(O)O. The summed E-state index contributed by atoms with van der Waals surface area (Å²) in [6, 6.07) is 0. The average molecular weight is 350 g/mol. The molecule has 15 heteroatoms. The van der Waals surface area contributed by atoms with Crippen LogP contribution in [0.1, 0.15) is 0 Å². The average Bonchev–Trinajstić information content (AvgIpc) is 3.00. The standard InChI is InChI=1S/2C4H6N4O.H2O4S/c2*5-4-3(6-2-9)1-7-8-4;1-5(2,3)4/h2*1-2H,(H,6,9)(H3,5,7,8);(H2,1,2,3,4). The summed E-state index contributed by atoms with van der Waals surface area (Å²) in [4.78, 5) is 19.6. The third kappa shape index (κ3) is 10.2. The highest BCUT2D eigenvalue weighted by Crippen LogP contribution is 2.11. The van der Waals surface area contributed by atoms with Gasteiger partial charge in [0, 0.05) is 0 Å². The Kier molecular flexibility index (Phi) is 8.37. The zero-order valence-corrected chi connectivity index (χ0v) is 12.1. The molecule has 0 unspecified atom stereocenters. The van der Waals surface area contributed by atoms with Gasteiger partial charge in [0.25, 0.3) is 0 Å². The molecule has 0 aliphatic carbocycles. The molecule has 2 rings (SSSR count). The number of nitrogens with zero attached hydrogens (tertiary/aromatic N) is 2. The van der Waals surface area contributed by atoms with Gasteiger partial charge in [-0.15, -0.1) is 0 Å². The summed E-state index contributed by atoms with van der Waals surface area (Å²) in [5, 5.41) is 16.8. The van der Waals surface area contributed by atoms with Crippen molar-refractivity contribution >= 4 is 46.2 Å². The number of nitrogens with one attached hydrogen (secondary N) is 4. The smallest absolute Gasteiger partial charge is 0.382 e. The first-order valence-corrected chi connectivity index (χ1v) is 6.76. The molecule has 2 aromatic heterocycles. The number of carbonyl (C=O) groups excluding carboxylic acids is 2. The maximum atomic E-state index is 9.82. The Hall–Kier alpha value is -3.17. The zero-order valence-electron chi connectivity index (χ0n) is 11.3. The fourth-order valence-corrected chi connectivity index (χ4v) is 0.949. The molecule has 0 saturated heterocycles. The van der Waals surface area contributed by atoms with E-state index in [0.717, 1.165) is 0 Å². The van der Waals surface area contributed by atoms with Crippen molar-refractivity contribution in [2.75, 3.05) is 22.1 Å². The molecule has 0 atom stereocenters. The van der Waals surface area contributed by atoms with E-state index in [-0.39, 0.29) is 0 Å². The van der Waals surface area contributed by atoms with Crippen molar-refractivity contribution in [1.29, 1.82) is 0 Å². The number of hydrogen-bond donors (Lipinski definition) is 8. The van der Waals surface area contributed by atoms with Crippen LogP contribution >= 0.6 is 0 Å². The molecule has 10 N–H and O–H groups in total. The highest BCUT2D eigenvalue weighted by Gasteiger charge is 1.96. The Bertz CT molecular complexity index is 655. The van der Waals surface area contributed by atoms with E-state index in [1.807, 2.05) is 0 Å². The van der Waals surface area contributed by atoms with Gasteiger partial charge < -0.3 is 22.1 Å². The van der Waals surface area contributed by atoms with E-state index in [9.17, 15) is 9.59 Å². The van der Waals surface area contributed by atoms with Crippen molar-refractivity contribution in [3.05, 3.63) is 12.4 Å². The van der Waals surface area contributed by atoms with Crippen molar-refractivity contribution in [1.82, 2.24) is 20.4 Å². The van der Waals surface area contributed by atoms with Crippen LogP contribution in [-0.4, -0.2) is 50.7 Å². The number of aromatic amines is 2. The first kappa shape index (κ1) is 19.8. The molecule has 23 heavy (non-hydrogen) atoms. The van der Waals surface area contributed by atoms with Crippen molar-refractivity contribution in [2.24, 2.45) is 0 Å². The van der Waals surface area contributed by atoms with Crippen LogP contribution in [0.4, 0.5) is 23.0 Å². The fourth-order valence-electron chi connectivity index (χ4n) is 0.949. The predicted molar refractivity (Wildman–Crippen MR) is 79.6 cm³/mol. The Balaban J connectivity index is 0.000000332. The summed E-state index contributed by atoms with van der Waals surface area (Å²) < 4.78 is 31.6. The van der Waals surface area contributed by atoms with Gasteiger partial charge in [-0.25, -0.2) is 0 Å². The number of rotatable bonds is 4. The lowest BCUT2D eigenvalue weighted by Crippen LogP contribution is -1.95. The summed E-state index contributed by atoms with van der Waals surface area (Å²) in [6.45, 7) is 0. The van der Waals surface area contributed by atoms with Crippen molar-refractivity contribution in [3.8, 4) is 0 Å². The van der Waals surface area contributed by atoms with Crippen LogP contribution < -0.4 is 22.1 Å². The second kappa shape index (κ2) is 9.71. The minimum Gasteiger partial charge on any atom is -0.382 e. The quantitative estimate of drug-likeness (QED) is 0.233. The Labute approximate surface area is 129 Å². The molecule has 2 heterocycles. The number of amides is 2. The van der Waals surface area contributed by atoms with Crippen LogP contribution in [-0.2, 0) is 20.0 Å². The molecule has 0 radical (unpaired) electrons. The zero-order chi connectivity index (χ0) is 17.9. The van der Waals surface area contributed by atoms with Crippen LogP contribution in [0, 0.1) is 0 Å². The maximum Gasteiger partial charge on any atom is 0.394 e. The molecule has 0 aliphatic heterocycles. The van der Waals surface area contributed by atoms with Gasteiger partial charge in [0.05, 0.1) is 12.4 Å². The van der Waals surface area contributed by atoms with Crippen molar-refractivity contribution < 1.29 is 27.1 Å². The lowest BCUT2D eigenvalue weighted by molar-refractivity contribution is -0.106. The van der Waals surface area contributed by atoms with Crippen molar-refractivity contribution in [3.63, 3.8) is 0 Å². The molecule has 2 aromatic rings. The first-order valence-electron chi connectivity index (χ1n) is 5.37. The van der Waals surface area contributed by atoms with E-state index in [0.29, 0.717) is 35.8 Å². The summed E-state index contributed by atoms with van der Waals surface area (Å²) in [6.07, 6.45) is 3.95. The number of nitrogen functional groups attached to an aromatic ring is 2. The minimum absolute atomic E-state index is 0.363. The van der Waals surface area contributed by atoms with Crippen LogP contribution in [0.2, 0.25) is 0 Å². The van der Waals surface area contributed by atoms with Crippen LogP contribution in [0.25, 0.3) is 0 Å². The van der Waals surface area contributed by atoms with Crippen LogP contribution in [0.3, 0.4) is 0 Å². The predicted octanol–water partition coefficient (Wildman–Crippen LogP) is -1.53. The number of H-pyrrole nitrogens is 2. The van der Waals surface area contributed by atoms with Gasteiger partial charge in [-0.3, -0.25) is 28.9 Å². The molecule has 14 nitrogen and oxygen atoms in total. The summed E-state index contributed by atoms with van der Waals surface area (Å²) in [5.41, 5.74) is 11.6. The highest BCUT2D eigenvalue weighted by molar-refractivity contribution is 7.79. The van der Waals surface area contributed by atoms with Gasteiger partial charge in [-0.1, -0.05) is 0 Å². The molecule has 0 fully saturated rings. The van der Waals surface area contributed by atoms with Gasteiger partial charge in [0.1, 0.15) is 23.0 Å². The van der Waals surface area contributed by atoms with E-state index in [1.54, 1.807) is 0 Å². The topological polar surface area (TPSA) is 242 Å². The summed E-state index contributed by atoms with van der Waals surface area (Å²) in [5.74, 6) is 0.726. The van der Waals surface area contributed by atoms with E-state index >= 15 is 0 Å². The lowest BCUT2D eigenvalue weighted by Gasteiger charge is -1.90. The normalized spacial score (nSPS) is 9.48. The summed E-state index contributed by atoms with van der Waals surface area (Å²) in [7, 11) is -4.67. The van der Waals surface area contributed by atoms with Crippen molar-refractivity contribution in [2.45, 2.75) is 0 Å². The van der Waals surface area contributed by atoms with Crippen LogP contribution in [0.15, 0.2) is 12.4 Å². The molecular formula is C8H14N8O6S. The van der Waals surface area contributed by atoms with E-state index in [4.69, 9.17) is 29.0 Å². The molecule has 0 aliphatic rings. The molecule has 2 amide bonds. The Morgan fingerprint density at radius 2 is 1.26 bits per heavy atom. The second-order valence-electron chi connectivity index (χ2n) is 3.37. The Morgan fingerprint density at radius 3 is 1.43 bits per heavy atom. The monoisotopic (exact) mass is 350 g/mol. The van der Waals surface area contributed by atoms with Gasteiger partial charge in [-0.05, 0) is 0 Å². The third-order valence-electron chi connectivity index (χ3n) is 1.77. The lowest BCUT2D eigenvalue weighted by atomic mass is 10.5. The van der Waals surface area contributed by atoms with Gasteiger partial charge >= 0.3 is 10.4 Å². The summed E-state index contributed by atoms with van der Waals surface area (Å²) >= 11 is 0. The fraction of sp³-hybridized carbons (Fsp3) is 0. The largest absolute Gasteiger partial charge is 0.394 e. The minimum atomic E-state index is -4.67. The van der Waals surface area contributed by atoms with Gasteiger partial charge in [0.15, 0.2) is 0 Å². The molecule has 0 saturated carbocycles. The number of nitrogens with two attached hydrogens (primary N) is 2. The number of carbonyl (C=O) groups is 2. The first-order chi connectivity index (χ1) is 10.7. The highest BCUT2D eigenvalue weighted by atomic mass is 32.3. The molecule has 0 spiro atoms. The molecular weight excluding hydrogens is 336 g/mol. The third-order valence-corrected chi connectivity index (χ3v) is 1.77. The van der Waals surface area contributed by atoms with E-state index < -0.39 is 10.4 Å². The number of aromatic nitrogens is 4. The maximum absolute atomic E-state index is 9.82. The van der Waals surface area contributed by atoms with Crippen LogP contribution in [0.5, 0.6) is 0 Å². The number of anilines is 4. The van der Waals surface area contributed by atoms with E-state index in [1.165, 1.54) is 12.4 Å². The molecule has 128 valence electrons. The second-order valence-corrected chi connectivity index (χ2v) is 4.26. The number of hydrogen-bond acceptors (Lipinski definition) is 8. The van der Waals surface area contributed by atoms with Gasteiger partial charge in [0.2, 0.25) is 12.8 Å². The Morgan fingerprint density at radius 1 is 0.957 bits per heavy atom. The molecule has 0 aromatic carbocycles. The molecule has 0 bridgehead atoms. The van der Waals surface area contributed by atoms with Gasteiger partial charge in [-0.2, -0.15) is 18.6 Å². The van der Waals surface area contributed by atoms with E-state index in [2.05, 4.69) is 31.0 Å².